The molecule has 0 fully saturated rings. The molecule has 4 atom stereocenters. The maximum atomic E-state index is 11.0. The van der Waals surface area contributed by atoms with Crippen molar-refractivity contribution in [1.29, 1.82) is 0 Å². The first kappa shape index (κ1) is 56.6. The quantitative estimate of drug-likeness (QED) is 0.0541. The van der Waals surface area contributed by atoms with Crippen LogP contribution in [0, 0.1) is 5.41 Å². The van der Waals surface area contributed by atoms with Crippen LogP contribution in [0.5, 0.6) is 0 Å². The normalized spacial score (nSPS) is 20.3. The average molecular weight is 972 g/mol. The molecular weight excluding hydrogens is 946 g/mol. The van der Waals surface area contributed by atoms with Gasteiger partial charge in [-0.2, -0.15) is 34.5 Å². The number of aliphatic hydroxyl groups is 4. The van der Waals surface area contributed by atoms with Crippen LogP contribution in [-0.2, 0) is 80.1 Å². The van der Waals surface area contributed by atoms with E-state index in [9.17, 15) is 45.7 Å². The molecule has 46 heteroatoms. The van der Waals surface area contributed by atoms with Gasteiger partial charge >= 0.3 is 78.2 Å². The van der Waals surface area contributed by atoms with Gasteiger partial charge in [-0.05, 0) is 0 Å². The number of phosphoric acid groups is 10. The van der Waals surface area contributed by atoms with Crippen LogP contribution in [0.3, 0.4) is 0 Å². The Labute approximate surface area is 279 Å². The largest absolute Gasteiger partial charge is 0.490 e. The van der Waals surface area contributed by atoms with E-state index in [1.54, 1.807) is 0 Å². The van der Waals surface area contributed by atoms with E-state index in [0.717, 1.165) is 0 Å². The SMILES string of the molecule is O=P(O)(O)OP(=O)(O)OP(=O)(O)OP(=O)(O)OP(=O)(O)O.O=P(O)(O)OP(=O)(O)OP(=O)(O)OP(=O)(O)OP(=O)(O)O.OCC(CO)(CO)CO. The molecule has 51 heavy (non-hydrogen) atoms. The van der Waals surface area contributed by atoms with Gasteiger partial charge in [-0.15, -0.1) is 0 Å². The highest BCUT2D eigenvalue weighted by Crippen LogP contribution is 2.74. The van der Waals surface area contributed by atoms with Gasteiger partial charge in [0.25, 0.3) is 0 Å². The predicted octanol–water partition coefficient (Wildman–Crippen LogP) is -2.98. The van der Waals surface area contributed by atoms with Crippen LogP contribution < -0.4 is 0 Å². The topological polar surface area (TPSA) is 609 Å². The summed E-state index contributed by atoms with van der Waals surface area (Å²) in [5, 5.41) is 34.0. The summed E-state index contributed by atoms with van der Waals surface area (Å²) in [5.41, 5.74) is -1.11. The molecule has 0 radical (unpaired) electrons. The van der Waals surface area contributed by atoms with Crippen LogP contribution >= 0.6 is 78.2 Å². The summed E-state index contributed by atoms with van der Waals surface area (Å²) >= 11 is 0. The van der Waals surface area contributed by atoms with Crippen LogP contribution in [0.15, 0.2) is 0 Å². The molecule has 0 aliphatic carbocycles. The van der Waals surface area contributed by atoms with E-state index in [1.807, 2.05) is 0 Å². The minimum atomic E-state index is -6.07. The molecule has 0 aromatic carbocycles. The summed E-state index contributed by atoms with van der Waals surface area (Å²) in [4.78, 5) is 117. The Balaban J connectivity index is -0.000000731. The molecule has 0 aromatic heterocycles. The first-order valence-corrected chi connectivity index (χ1v) is 25.3. The molecule has 0 heterocycles. The van der Waals surface area contributed by atoms with E-state index in [4.69, 9.17) is 88.9 Å². The molecule has 0 saturated carbocycles. The third-order valence-corrected chi connectivity index (χ3v) is 16.3. The van der Waals surface area contributed by atoms with Crippen molar-refractivity contribution < 1.29 is 169 Å². The van der Waals surface area contributed by atoms with Crippen molar-refractivity contribution in [2.45, 2.75) is 0 Å². The molecular formula is C5H26O36P10. The second-order valence-corrected chi connectivity index (χ2v) is 22.3. The van der Waals surface area contributed by atoms with Gasteiger partial charge in [0.05, 0.1) is 31.8 Å². The molecule has 36 nitrogen and oxygen atoms in total. The molecule has 0 saturated heterocycles. The monoisotopic (exact) mass is 972 g/mol. The van der Waals surface area contributed by atoms with Crippen LogP contribution in [0.2, 0.25) is 0 Å². The van der Waals surface area contributed by atoms with E-state index < -0.39 is 110 Å². The molecule has 0 amide bonds. The van der Waals surface area contributed by atoms with Gasteiger partial charge in [-0.25, -0.2) is 45.7 Å². The second-order valence-electron chi connectivity index (χ2n) is 7.56. The van der Waals surface area contributed by atoms with Gasteiger partial charge in [0.2, 0.25) is 0 Å². The van der Waals surface area contributed by atoms with E-state index in [-0.39, 0.29) is 0 Å². The van der Waals surface area contributed by atoms with E-state index >= 15 is 0 Å². The first-order chi connectivity index (χ1) is 21.9. The van der Waals surface area contributed by atoms with Crippen LogP contribution in [0.1, 0.15) is 0 Å². The highest BCUT2D eigenvalue weighted by atomic mass is 31.3. The van der Waals surface area contributed by atoms with Gasteiger partial charge in [0, 0.05) is 0 Å². The second kappa shape index (κ2) is 20.6. The summed E-state index contributed by atoms with van der Waals surface area (Å²) in [6.45, 7) is -1.62. The van der Waals surface area contributed by atoms with Gasteiger partial charge in [0.15, 0.2) is 0 Å². The predicted molar refractivity (Wildman–Crippen MR) is 147 cm³/mol. The maximum absolute atomic E-state index is 11.0. The van der Waals surface area contributed by atoms with E-state index in [0.29, 0.717) is 0 Å². The maximum Gasteiger partial charge on any atom is 0.490 e. The molecule has 0 spiro atoms. The van der Waals surface area contributed by atoms with Crippen LogP contribution in [-0.4, -0.2) is 115 Å². The minimum Gasteiger partial charge on any atom is -0.396 e. The highest BCUT2D eigenvalue weighted by molar-refractivity contribution is 7.72. The third-order valence-electron chi connectivity index (χ3n) is 3.01. The van der Waals surface area contributed by atoms with Crippen molar-refractivity contribution in [2.75, 3.05) is 26.4 Å². The Morgan fingerprint density at radius 3 is 0.471 bits per heavy atom. The summed E-state index contributed by atoms with van der Waals surface area (Å²) in [6, 6.07) is 0. The molecule has 4 unspecified atom stereocenters. The molecule has 0 bridgehead atoms. The summed E-state index contributed by atoms with van der Waals surface area (Å²) in [6.07, 6.45) is 0. The summed E-state index contributed by atoms with van der Waals surface area (Å²) < 4.78 is 131. The van der Waals surface area contributed by atoms with Gasteiger partial charge in [-0.3, -0.25) is 0 Å². The Hall–Kier alpha value is 1.26. The fourth-order valence-electron chi connectivity index (χ4n) is 1.45. The Kier molecular flexibility index (Phi) is 22.9. The fourth-order valence-corrected chi connectivity index (χ4v) is 12.2. The Bertz CT molecular complexity index is 1370. The summed E-state index contributed by atoms with van der Waals surface area (Å²) in [5.74, 6) is 0. The lowest BCUT2D eigenvalue weighted by Crippen LogP contribution is -2.37. The van der Waals surface area contributed by atoms with Crippen molar-refractivity contribution in [3.63, 3.8) is 0 Å². The Morgan fingerprint density at radius 2 is 0.392 bits per heavy atom. The smallest absolute Gasteiger partial charge is 0.396 e. The first-order valence-electron chi connectivity index (χ1n) is 10.2. The molecule has 0 aromatic rings. The number of rotatable bonds is 20. The average Bonchev–Trinajstić information content (AvgIpc) is 2.71. The van der Waals surface area contributed by atoms with Gasteiger partial charge < -0.3 is 88.9 Å². The molecule has 0 rings (SSSR count). The standard InChI is InChI=1S/C5H12O4.2H7O16P5/c6-1-5(2-7,3-8)4-9;2*1-17(2,3)13-19(7,8)15-21(11,12)16-20(9,10)14-18(4,5)6/h6-9H,1-4H2;2*(H,7,8)(H,9,10)(H,11,12)(H2,1,2,3)(H2,4,5,6). The zero-order chi connectivity index (χ0) is 42.0. The lowest BCUT2D eigenvalue weighted by molar-refractivity contribution is -0.0328. The van der Waals surface area contributed by atoms with Crippen molar-refractivity contribution in [2.24, 2.45) is 5.41 Å². The lowest BCUT2D eigenvalue weighted by atomic mass is 9.93. The van der Waals surface area contributed by atoms with Crippen LogP contribution in [0.25, 0.3) is 0 Å². The number of aliphatic hydroxyl groups excluding tert-OH is 4. The molecule has 0 aliphatic heterocycles. The van der Waals surface area contributed by atoms with Crippen molar-refractivity contribution in [3.8, 4) is 0 Å². The minimum absolute atomic E-state index is 0.406. The van der Waals surface area contributed by atoms with Gasteiger partial charge in [0.1, 0.15) is 0 Å². The van der Waals surface area contributed by atoms with Crippen molar-refractivity contribution in [1.82, 2.24) is 0 Å². The zero-order valence-electron chi connectivity index (χ0n) is 23.2. The number of hydrogen-bond donors (Lipinski definition) is 18. The highest BCUT2D eigenvalue weighted by Gasteiger charge is 2.48. The fraction of sp³-hybridized carbons (Fsp3) is 1.00. The Morgan fingerprint density at radius 1 is 0.275 bits per heavy atom. The molecule has 0 aliphatic rings. The third kappa shape index (κ3) is 33.1. The molecule has 18 N–H and O–H groups in total. The van der Waals surface area contributed by atoms with E-state index in [1.165, 1.54) is 0 Å². The van der Waals surface area contributed by atoms with Crippen molar-refractivity contribution >= 4 is 78.2 Å². The lowest BCUT2D eigenvalue weighted by Gasteiger charge is -2.23. The number of hydrogen-bond acceptors (Lipinski definition) is 22. The van der Waals surface area contributed by atoms with Crippen LogP contribution in [0.4, 0.5) is 0 Å². The van der Waals surface area contributed by atoms with Gasteiger partial charge in [-0.1, -0.05) is 0 Å². The molecule has 312 valence electrons. The van der Waals surface area contributed by atoms with E-state index in [2.05, 4.69) is 34.5 Å². The van der Waals surface area contributed by atoms with Crippen molar-refractivity contribution in [3.05, 3.63) is 0 Å². The summed E-state index contributed by atoms with van der Waals surface area (Å²) in [7, 11) is -58.6. The zero-order valence-corrected chi connectivity index (χ0v) is 32.1.